The number of amides is 1. The van der Waals surface area contributed by atoms with Crippen LogP contribution in [0.15, 0.2) is 40.6 Å². The molecule has 0 spiro atoms. The molecule has 0 radical (unpaired) electrons. The molecular weight excluding hydrogens is 489 g/mol. The second kappa shape index (κ2) is 15.5. The Morgan fingerprint density at radius 2 is 1.79 bits per heavy atom. The van der Waals surface area contributed by atoms with E-state index in [4.69, 9.17) is 10.6 Å². The second-order valence-corrected chi connectivity index (χ2v) is 11.2. The van der Waals surface area contributed by atoms with Crippen molar-refractivity contribution in [3.8, 4) is 0 Å². The summed E-state index contributed by atoms with van der Waals surface area (Å²) in [7, 11) is -8.72. The normalized spacial score (nSPS) is 20.6. The van der Waals surface area contributed by atoms with Crippen LogP contribution in [0.5, 0.6) is 0 Å². The van der Waals surface area contributed by atoms with Crippen LogP contribution in [0, 0.1) is 18.8 Å². The third-order valence-electron chi connectivity index (χ3n) is 4.92. The van der Waals surface area contributed by atoms with Crippen molar-refractivity contribution in [2.75, 3.05) is 0 Å². The first-order valence-electron chi connectivity index (χ1n) is 9.90. The van der Waals surface area contributed by atoms with Gasteiger partial charge in [-0.05, 0) is 55.5 Å². The largest absolute Gasteiger partial charge is 1.00 e. The Bertz CT molecular complexity index is 934. The Kier molecular flexibility index (Phi) is 16.8. The smallest absolute Gasteiger partial charge is 0.775 e. The van der Waals surface area contributed by atoms with E-state index in [1.807, 2.05) is 6.92 Å². The van der Waals surface area contributed by atoms with Gasteiger partial charge in [0.05, 0.1) is 4.90 Å². The minimum atomic E-state index is -4.45. The van der Waals surface area contributed by atoms with Crippen molar-refractivity contribution in [1.29, 1.82) is 0 Å². The van der Waals surface area contributed by atoms with Crippen molar-refractivity contribution >= 4 is 23.6 Å². The molecule has 176 valence electrons. The SMILES string of the molecule is CC(=O)N[C@@H](CC(C)C)[C@H]1CC=C(P(=O)([O-])O)C[C@@H]1N.Cc1ccc(S(=O)(=O)[O-])cc1.[Na+].[Na+]. The van der Waals surface area contributed by atoms with Gasteiger partial charge in [0.1, 0.15) is 10.1 Å². The standard InChI is InChI=1S/C13H25N2O4P.C7H8O3S.2Na/c1-8(2)6-13(15-9(3)16)11-5-4-10(7-12(11)14)20(17,18)19;1-6-2-4-7(5-3-6)11(8,9)10;;/h4,8,11-13H,5-7,14H2,1-3H3,(H,15,16)(H2,17,18,19);2-5H,1H3,(H,8,9,10);;/q;;2*+1/p-2/t11-,12-,13-;;;/m0.../s1. The van der Waals surface area contributed by atoms with Gasteiger partial charge in [-0.1, -0.05) is 37.6 Å². The summed E-state index contributed by atoms with van der Waals surface area (Å²) >= 11 is 0. The molecule has 0 aromatic heterocycles. The molecule has 1 amide bonds. The minimum Gasteiger partial charge on any atom is -0.775 e. The number of hydrogen-bond donors (Lipinski definition) is 3. The van der Waals surface area contributed by atoms with Gasteiger partial charge in [0, 0.05) is 19.0 Å². The molecule has 1 aliphatic rings. The van der Waals surface area contributed by atoms with Gasteiger partial charge in [0.2, 0.25) is 5.91 Å². The number of nitrogens with two attached hydrogens (primary N) is 1. The van der Waals surface area contributed by atoms with Gasteiger partial charge in [-0.25, -0.2) is 8.42 Å². The van der Waals surface area contributed by atoms with Gasteiger partial charge in [-0.2, -0.15) is 0 Å². The van der Waals surface area contributed by atoms with Gasteiger partial charge >= 0.3 is 59.1 Å². The molecule has 33 heavy (non-hydrogen) atoms. The molecule has 4 N–H and O–H groups in total. The number of aryl methyl sites for hydroxylation is 1. The van der Waals surface area contributed by atoms with Crippen LogP contribution in [0.3, 0.4) is 0 Å². The summed E-state index contributed by atoms with van der Waals surface area (Å²) in [6.45, 7) is 7.40. The summed E-state index contributed by atoms with van der Waals surface area (Å²) in [6.07, 6.45) is 2.88. The maximum absolute atomic E-state index is 11.3. The first-order valence-corrected chi connectivity index (χ1v) is 12.9. The van der Waals surface area contributed by atoms with Crippen molar-refractivity contribution in [3.05, 3.63) is 41.2 Å². The quantitative estimate of drug-likeness (QED) is 0.192. The summed E-state index contributed by atoms with van der Waals surface area (Å²) in [4.78, 5) is 31.4. The van der Waals surface area contributed by atoms with E-state index in [1.165, 1.54) is 25.1 Å². The summed E-state index contributed by atoms with van der Waals surface area (Å²) in [5.74, 6) is 0.263. The number of carbonyl (C=O) groups is 1. The van der Waals surface area contributed by atoms with Crippen LogP contribution in [0.2, 0.25) is 0 Å². The van der Waals surface area contributed by atoms with E-state index in [0.29, 0.717) is 12.3 Å². The number of benzene rings is 1. The summed E-state index contributed by atoms with van der Waals surface area (Å²) in [5.41, 5.74) is 6.98. The van der Waals surface area contributed by atoms with Gasteiger partial charge in [-0.15, -0.1) is 0 Å². The van der Waals surface area contributed by atoms with E-state index in [1.54, 1.807) is 12.1 Å². The van der Waals surface area contributed by atoms with Crippen molar-refractivity contribution in [2.45, 2.75) is 63.9 Å². The summed E-state index contributed by atoms with van der Waals surface area (Å²) in [5, 5.41) is 2.91. The molecule has 2 rings (SSSR count). The fourth-order valence-electron chi connectivity index (χ4n) is 3.43. The summed E-state index contributed by atoms with van der Waals surface area (Å²) < 4.78 is 42.3. The van der Waals surface area contributed by atoms with Gasteiger partial charge < -0.3 is 30.0 Å². The number of allylic oxidation sites excluding steroid dienone is 1. The Morgan fingerprint density at radius 3 is 2.15 bits per heavy atom. The molecule has 0 saturated heterocycles. The minimum absolute atomic E-state index is 0. The van der Waals surface area contributed by atoms with Crippen LogP contribution in [-0.2, 0) is 19.5 Å². The van der Waals surface area contributed by atoms with Crippen molar-refractivity contribution in [3.63, 3.8) is 0 Å². The van der Waals surface area contributed by atoms with Gasteiger partial charge in [-0.3, -0.25) is 4.79 Å². The molecule has 1 aromatic carbocycles. The third-order valence-corrected chi connectivity index (χ3v) is 6.86. The molecule has 0 aliphatic heterocycles. The Labute approximate surface area is 240 Å². The molecule has 13 heteroatoms. The first-order chi connectivity index (χ1) is 14.1. The van der Waals surface area contributed by atoms with E-state index in [0.717, 1.165) is 12.0 Å². The zero-order valence-corrected chi connectivity index (χ0v) is 25.9. The summed E-state index contributed by atoms with van der Waals surface area (Å²) in [6, 6.07) is 5.32. The van der Waals surface area contributed by atoms with Crippen molar-refractivity contribution in [1.82, 2.24) is 5.32 Å². The molecule has 0 saturated carbocycles. The maximum atomic E-state index is 11.3. The first kappa shape index (κ1) is 35.6. The maximum Gasteiger partial charge on any atom is 1.00 e. The van der Waals surface area contributed by atoms with Crippen molar-refractivity contribution < 1.29 is 91.2 Å². The second-order valence-electron chi connectivity index (χ2n) is 8.19. The van der Waals surface area contributed by atoms with Crippen LogP contribution in [0.4, 0.5) is 0 Å². The van der Waals surface area contributed by atoms with E-state index >= 15 is 0 Å². The fourth-order valence-corrected chi connectivity index (χ4v) is 4.68. The monoisotopic (exact) mass is 520 g/mol. The predicted molar refractivity (Wildman–Crippen MR) is 115 cm³/mol. The molecule has 0 bridgehead atoms. The zero-order valence-electron chi connectivity index (χ0n) is 20.1. The number of hydrogen-bond acceptors (Lipinski definition) is 7. The van der Waals surface area contributed by atoms with E-state index in [2.05, 4.69) is 19.2 Å². The van der Waals surface area contributed by atoms with E-state index < -0.39 is 17.7 Å². The Hall–Kier alpha value is 0.450. The molecule has 4 atom stereocenters. The predicted octanol–water partition coefficient (Wildman–Crippen LogP) is -4.39. The average molecular weight is 520 g/mol. The van der Waals surface area contributed by atoms with Gasteiger partial charge in [0.25, 0.3) is 0 Å². The van der Waals surface area contributed by atoms with Crippen LogP contribution >= 0.6 is 7.60 Å². The molecule has 1 unspecified atom stereocenters. The Morgan fingerprint density at radius 1 is 1.27 bits per heavy atom. The molecule has 9 nitrogen and oxygen atoms in total. The van der Waals surface area contributed by atoms with Crippen LogP contribution in [-0.4, -0.2) is 35.9 Å². The average Bonchev–Trinajstić information content (AvgIpc) is 2.59. The topological polar surface area (TPSA) is 173 Å². The van der Waals surface area contributed by atoms with E-state index in [-0.39, 0.29) is 99.7 Å². The van der Waals surface area contributed by atoms with Crippen LogP contribution < -0.4 is 75.1 Å². The number of rotatable bonds is 6. The van der Waals surface area contributed by atoms with Crippen LogP contribution in [0.25, 0.3) is 0 Å². The molecule has 1 aliphatic carbocycles. The third kappa shape index (κ3) is 13.4. The fraction of sp³-hybridized carbons (Fsp3) is 0.550. The zero-order chi connectivity index (χ0) is 24.0. The molecular formula is C20H31N2Na2O7PS. The van der Waals surface area contributed by atoms with E-state index in [9.17, 15) is 27.2 Å². The van der Waals surface area contributed by atoms with Crippen LogP contribution in [0.1, 0.15) is 45.6 Å². The number of nitrogens with one attached hydrogen (secondary N) is 1. The van der Waals surface area contributed by atoms with Gasteiger partial charge in [0.15, 0.2) is 7.60 Å². The van der Waals surface area contributed by atoms with Crippen molar-refractivity contribution in [2.24, 2.45) is 17.6 Å². The number of carbonyl (C=O) groups excluding carboxylic acids is 1. The Balaban J connectivity index is 0. The molecule has 0 heterocycles. The molecule has 0 fully saturated rings. The molecule has 1 aromatic rings.